The highest BCUT2D eigenvalue weighted by molar-refractivity contribution is 7.86. The Bertz CT molecular complexity index is 382. The van der Waals surface area contributed by atoms with Crippen molar-refractivity contribution in [1.29, 1.82) is 0 Å². The van der Waals surface area contributed by atoms with Crippen LogP contribution in [0.15, 0.2) is 11.1 Å². The van der Waals surface area contributed by atoms with Crippen molar-refractivity contribution in [2.45, 2.75) is 25.3 Å². The Hall–Kier alpha value is -0.910. The van der Waals surface area contributed by atoms with E-state index < -0.39 is 10.2 Å². The second kappa shape index (κ2) is 2.85. The molecule has 0 atom stereocenters. The van der Waals surface area contributed by atoms with Crippen LogP contribution < -0.4 is 0 Å². The third kappa shape index (κ3) is 1.63. The molecule has 1 aromatic rings. The normalized spacial score (nSPS) is 11.9. The molecular weight excluding hydrogens is 183 g/mol. The first-order chi connectivity index (χ1) is 5.45. The van der Waals surface area contributed by atoms with E-state index in [1.807, 2.05) is 0 Å². The van der Waals surface area contributed by atoms with Crippen molar-refractivity contribution in [2.24, 2.45) is 0 Å². The summed E-state index contributed by atoms with van der Waals surface area (Å²) in [6.07, 6.45) is 1.19. The lowest BCUT2D eigenvalue weighted by atomic mass is 10.5. The molecule has 0 aliphatic heterocycles. The fourth-order valence-corrected chi connectivity index (χ4v) is 1.54. The maximum absolute atomic E-state index is 12.5. The van der Waals surface area contributed by atoms with E-state index in [0.717, 1.165) is 0 Å². The fourth-order valence-electron chi connectivity index (χ4n) is 0.901. The number of rotatable bonds is 2. The van der Waals surface area contributed by atoms with Crippen LogP contribution in [-0.4, -0.2) is 18.2 Å². The van der Waals surface area contributed by atoms with Gasteiger partial charge in [-0.1, -0.05) is 0 Å². The molecule has 1 aromatic heterocycles. The SMILES string of the molecule is CCn1cc(S(=O)(=O)F)c(C)n1. The van der Waals surface area contributed by atoms with Crippen molar-refractivity contribution in [2.75, 3.05) is 0 Å². The van der Waals surface area contributed by atoms with Crippen LogP contribution in [0.25, 0.3) is 0 Å². The summed E-state index contributed by atoms with van der Waals surface area (Å²) in [4.78, 5) is -0.343. The van der Waals surface area contributed by atoms with Gasteiger partial charge < -0.3 is 0 Å². The van der Waals surface area contributed by atoms with Crippen molar-refractivity contribution >= 4 is 10.2 Å². The third-order valence-corrected chi connectivity index (χ3v) is 2.41. The second-order valence-corrected chi connectivity index (χ2v) is 3.69. The van der Waals surface area contributed by atoms with Crippen molar-refractivity contribution in [3.63, 3.8) is 0 Å². The molecule has 6 heteroatoms. The van der Waals surface area contributed by atoms with E-state index in [1.165, 1.54) is 17.8 Å². The first-order valence-electron chi connectivity index (χ1n) is 3.44. The molecule has 0 fully saturated rings. The lowest BCUT2D eigenvalue weighted by molar-refractivity contribution is 0.551. The van der Waals surface area contributed by atoms with Crippen LogP contribution in [0.4, 0.5) is 3.89 Å². The molecule has 0 aliphatic carbocycles. The van der Waals surface area contributed by atoms with Crippen molar-refractivity contribution in [1.82, 2.24) is 9.78 Å². The van der Waals surface area contributed by atoms with Gasteiger partial charge in [-0.05, 0) is 13.8 Å². The number of nitrogens with zero attached hydrogens (tertiary/aromatic N) is 2. The van der Waals surface area contributed by atoms with Crippen LogP contribution in [-0.2, 0) is 16.8 Å². The van der Waals surface area contributed by atoms with Gasteiger partial charge >= 0.3 is 10.2 Å². The van der Waals surface area contributed by atoms with Gasteiger partial charge in [-0.3, -0.25) is 4.68 Å². The third-order valence-electron chi connectivity index (χ3n) is 1.49. The van der Waals surface area contributed by atoms with Crippen LogP contribution in [0.3, 0.4) is 0 Å². The molecule has 0 aromatic carbocycles. The Kier molecular flexibility index (Phi) is 2.18. The zero-order valence-corrected chi connectivity index (χ0v) is 7.60. The van der Waals surface area contributed by atoms with E-state index in [0.29, 0.717) is 6.54 Å². The standard InChI is InChI=1S/C6H9FN2O2S/c1-3-9-4-6(5(2)8-9)12(7,10)11/h4H,3H2,1-2H3. The predicted molar refractivity (Wildman–Crippen MR) is 40.9 cm³/mol. The first-order valence-corrected chi connectivity index (χ1v) is 4.82. The number of hydrogen-bond donors (Lipinski definition) is 0. The summed E-state index contributed by atoms with van der Waals surface area (Å²) in [6, 6.07) is 0. The highest BCUT2D eigenvalue weighted by Gasteiger charge is 2.18. The Morgan fingerprint density at radius 3 is 2.50 bits per heavy atom. The van der Waals surface area contributed by atoms with Gasteiger partial charge in [0.25, 0.3) is 0 Å². The molecule has 0 bridgehead atoms. The molecule has 1 rings (SSSR count). The lowest BCUT2D eigenvalue weighted by Crippen LogP contribution is -1.93. The fraction of sp³-hybridized carbons (Fsp3) is 0.500. The Morgan fingerprint density at radius 2 is 2.25 bits per heavy atom. The summed E-state index contributed by atoms with van der Waals surface area (Å²) >= 11 is 0. The molecule has 12 heavy (non-hydrogen) atoms. The number of hydrogen-bond acceptors (Lipinski definition) is 3. The highest BCUT2D eigenvalue weighted by atomic mass is 32.3. The molecule has 1 heterocycles. The van der Waals surface area contributed by atoms with Crippen LogP contribution in [0.2, 0.25) is 0 Å². The van der Waals surface area contributed by atoms with Gasteiger partial charge in [0.15, 0.2) is 0 Å². The van der Waals surface area contributed by atoms with Gasteiger partial charge in [-0.25, -0.2) is 0 Å². The summed E-state index contributed by atoms with van der Waals surface area (Å²) in [6.45, 7) is 3.77. The van der Waals surface area contributed by atoms with Crippen molar-refractivity contribution < 1.29 is 12.3 Å². The smallest absolute Gasteiger partial charge is 0.271 e. The van der Waals surface area contributed by atoms with Gasteiger partial charge in [0.2, 0.25) is 0 Å². The van der Waals surface area contributed by atoms with Crippen LogP contribution >= 0.6 is 0 Å². The largest absolute Gasteiger partial charge is 0.335 e. The van der Waals surface area contributed by atoms with Gasteiger partial charge in [0, 0.05) is 12.7 Å². The number of aryl methyl sites for hydroxylation is 2. The average molecular weight is 192 g/mol. The summed E-state index contributed by atoms with van der Waals surface area (Å²) in [7, 11) is -4.61. The second-order valence-electron chi connectivity index (χ2n) is 2.37. The Morgan fingerprint density at radius 1 is 1.67 bits per heavy atom. The van der Waals surface area contributed by atoms with Gasteiger partial charge in [0.1, 0.15) is 4.90 Å². The van der Waals surface area contributed by atoms with Gasteiger partial charge in [-0.15, -0.1) is 3.89 Å². The molecule has 0 amide bonds. The van der Waals surface area contributed by atoms with E-state index in [4.69, 9.17) is 0 Å². The molecular formula is C6H9FN2O2S. The Labute approximate surface area is 70.2 Å². The van der Waals surface area contributed by atoms with E-state index in [-0.39, 0.29) is 10.6 Å². The van der Waals surface area contributed by atoms with E-state index in [9.17, 15) is 12.3 Å². The molecule has 0 spiro atoms. The van der Waals surface area contributed by atoms with E-state index >= 15 is 0 Å². The highest BCUT2D eigenvalue weighted by Crippen LogP contribution is 2.15. The van der Waals surface area contributed by atoms with E-state index in [1.54, 1.807) is 6.92 Å². The van der Waals surface area contributed by atoms with Crippen LogP contribution in [0.5, 0.6) is 0 Å². The maximum atomic E-state index is 12.5. The topological polar surface area (TPSA) is 52.0 Å². The molecule has 68 valence electrons. The Balaban J connectivity index is 3.27. The minimum Gasteiger partial charge on any atom is -0.271 e. The molecule has 0 unspecified atom stereocenters. The summed E-state index contributed by atoms with van der Waals surface area (Å²) in [5.74, 6) is 0. The quantitative estimate of drug-likeness (QED) is 0.653. The molecule has 4 nitrogen and oxygen atoms in total. The summed E-state index contributed by atoms with van der Waals surface area (Å²) < 4.78 is 34.8. The molecule has 0 radical (unpaired) electrons. The van der Waals surface area contributed by atoms with Gasteiger partial charge in [0.05, 0.1) is 5.69 Å². The minimum absolute atomic E-state index is 0.194. The molecule has 0 saturated heterocycles. The lowest BCUT2D eigenvalue weighted by Gasteiger charge is -1.89. The van der Waals surface area contributed by atoms with Crippen molar-refractivity contribution in [3.8, 4) is 0 Å². The van der Waals surface area contributed by atoms with Crippen molar-refractivity contribution in [3.05, 3.63) is 11.9 Å². The van der Waals surface area contributed by atoms with Crippen LogP contribution in [0.1, 0.15) is 12.6 Å². The minimum atomic E-state index is -4.61. The zero-order chi connectivity index (χ0) is 9.35. The number of aromatic nitrogens is 2. The molecule has 0 aliphatic rings. The molecule has 0 N–H and O–H groups in total. The number of halogens is 1. The zero-order valence-electron chi connectivity index (χ0n) is 6.78. The van der Waals surface area contributed by atoms with Gasteiger partial charge in [-0.2, -0.15) is 13.5 Å². The monoisotopic (exact) mass is 192 g/mol. The first kappa shape index (κ1) is 9.18. The summed E-state index contributed by atoms with van der Waals surface area (Å²) in [5, 5.41) is 3.79. The average Bonchev–Trinajstić information content (AvgIpc) is 2.29. The predicted octanol–water partition coefficient (Wildman–Crippen LogP) is 0.870. The molecule has 0 saturated carbocycles. The van der Waals surface area contributed by atoms with E-state index in [2.05, 4.69) is 5.10 Å². The summed E-state index contributed by atoms with van der Waals surface area (Å²) in [5.41, 5.74) is 0.194. The van der Waals surface area contributed by atoms with Crippen LogP contribution in [0, 0.1) is 6.92 Å². The maximum Gasteiger partial charge on any atom is 0.335 e.